The normalized spacial score (nSPS) is 19.9. The molecule has 0 spiro atoms. The number of alkyl halides is 2. The quantitative estimate of drug-likeness (QED) is 0.609. The zero-order chi connectivity index (χ0) is 20.5. The molecule has 1 aliphatic carbocycles. The number of nitrogens with zero attached hydrogens (tertiary/aromatic N) is 4. The molecule has 1 saturated carbocycles. The Balaban J connectivity index is 1.55. The molecule has 0 unspecified atom stereocenters. The van der Waals surface area contributed by atoms with Crippen molar-refractivity contribution in [3.05, 3.63) is 40.9 Å². The number of hydrogen-bond donors (Lipinski definition) is 1. The third kappa shape index (κ3) is 4.01. The number of hydrogen-bond acceptors (Lipinski definition) is 5. The highest BCUT2D eigenvalue weighted by molar-refractivity contribution is 7.16. The van der Waals surface area contributed by atoms with Gasteiger partial charge in [-0.25, -0.2) is 23.3 Å². The van der Waals surface area contributed by atoms with Gasteiger partial charge >= 0.3 is 0 Å². The van der Waals surface area contributed by atoms with Gasteiger partial charge in [0, 0.05) is 18.3 Å². The van der Waals surface area contributed by atoms with Crippen molar-refractivity contribution in [1.29, 1.82) is 0 Å². The van der Waals surface area contributed by atoms with Gasteiger partial charge in [-0.15, -0.1) is 11.3 Å². The minimum Gasteiger partial charge on any atom is -0.312 e. The number of rotatable bonds is 5. The Morgan fingerprint density at radius 1 is 1.28 bits per heavy atom. The summed E-state index contributed by atoms with van der Waals surface area (Å²) in [6.07, 6.45) is 5.93. The molecule has 0 atom stereocenters. The number of nitrogens with one attached hydrogen (secondary N) is 1. The fourth-order valence-corrected chi connectivity index (χ4v) is 5.09. The van der Waals surface area contributed by atoms with Crippen LogP contribution in [0.4, 0.5) is 13.8 Å². The highest BCUT2D eigenvalue weighted by atomic mass is 32.1. The van der Waals surface area contributed by atoms with Crippen LogP contribution in [0.25, 0.3) is 5.65 Å². The second-order valence-corrected chi connectivity index (χ2v) is 8.85. The predicted molar refractivity (Wildman–Crippen MR) is 108 cm³/mol. The van der Waals surface area contributed by atoms with E-state index in [1.807, 2.05) is 0 Å². The Hall–Kier alpha value is -2.42. The van der Waals surface area contributed by atoms with Crippen LogP contribution in [0.3, 0.4) is 0 Å². The zero-order valence-corrected chi connectivity index (χ0v) is 17.1. The summed E-state index contributed by atoms with van der Waals surface area (Å²) in [5, 5.41) is 7.49. The number of halogens is 2. The second kappa shape index (κ2) is 8.14. The predicted octanol–water partition coefficient (Wildman–Crippen LogP) is 5.31. The van der Waals surface area contributed by atoms with Crippen molar-refractivity contribution in [2.75, 3.05) is 5.32 Å². The number of aromatic nitrogens is 4. The van der Waals surface area contributed by atoms with Gasteiger partial charge in [-0.05, 0) is 43.6 Å². The molecule has 0 saturated heterocycles. The summed E-state index contributed by atoms with van der Waals surface area (Å²) in [5.74, 6) is 0.984. The SMILES string of the molecule is CC(C)[C@H]1CC[C@H](c2nc(C(F)F)c(NC(=O)c3cnn4cccnc34)s2)CC1. The van der Waals surface area contributed by atoms with Crippen LogP contribution < -0.4 is 5.32 Å². The van der Waals surface area contributed by atoms with Gasteiger partial charge in [0.15, 0.2) is 5.65 Å². The standard InChI is InChI=1S/C20H23F2N5OS/c1-11(2)12-4-6-13(7-5-12)19-25-15(16(21)22)20(29-19)26-18(28)14-10-24-27-9-3-8-23-17(14)27/h3,8-13,16H,4-7H2,1-2H3,(H,26,28)/t12-,13-. The lowest BCUT2D eigenvalue weighted by Gasteiger charge is -2.29. The van der Waals surface area contributed by atoms with Crippen molar-refractivity contribution < 1.29 is 13.6 Å². The Morgan fingerprint density at radius 3 is 2.72 bits per heavy atom. The number of carbonyl (C=O) groups is 1. The Morgan fingerprint density at radius 2 is 2.03 bits per heavy atom. The fourth-order valence-electron chi connectivity index (χ4n) is 3.95. The molecule has 3 heterocycles. The second-order valence-electron chi connectivity index (χ2n) is 7.82. The summed E-state index contributed by atoms with van der Waals surface area (Å²) >= 11 is 1.16. The molecule has 1 fully saturated rings. The molecule has 3 aromatic heterocycles. The molecular weight excluding hydrogens is 396 g/mol. The smallest absolute Gasteiger partial charge is 0.283 e. The van der Waals surface area contributed by atoms with Crippen molar-refractivity contribution in [3.8, 4) is 0 Å². The van der Waals surface area contributed by atoms with E-state index in [4.69, 9.17) is 0 Å². The van der Waals surface area contributed by atoms with Crippen molar-refractivity contribution in [2.24, 2.45) is 11.8 Å². The van der Waals surface area contributed by atoms with Crippen molar-refractivity contribution in [2.45, 2.75) is 51.9 Å². The van der Waals surface area contributed by atoms with Crippen LogP contribution in [0.5, 0.6) is 0 Å². The molecule has 0 aromatic carbocycles. The Labute approximate surface area is 171 Å². The summed E-state index contributed by atoms with van der Waals surface area (Å²) in [6.45, 7) is 4.46. The Kier molecular flexibility index (Phi) is 5.58. The molecular formula is C20H23F2N5OS. The number of thiazole rings is 1. The third-order valence-electron chi connectivity index (χ3n) is 5.69. The van der Waals surface area contributed by atoms with Gasteiger partial charge in [-0.2, -0.15) is 5.10 Å². The first kappa shape index (κ1) is 19.9. The lowest BCUT2D eigenvalue weighted by molar-refractivity contribution is 0.102. The summed E-state index contributed by atoms with van der Waals surface area (Å²) < 4.78 is 28.6. The minimum atomic E-state index is -2.75. The molecule has 3 aromatic rings. The Bertz CT molecular complexity index is 1010. The van der Waals surface area contributed by atoms with Crippen LogP contribution in [-0.4, -0.2) is 25.5 Å². The summed E-state index contributed by atoms with van der Waals surface area (Å²) in [6, 6.07) is 1.69. The van der Waals surface area contributed by atoms with Crippen molar-refractivity contribution >= 4 is 27.9 Å². The van der Waals surface area contributed by atoms with Crippen LogP contribution in [0.1, 0.15) is 72.9 Å². The van der Waals surface area contributed by atoms with Crippen LogP contribution in [0, 0.1) is 11.8 Å². The van der Waals surface area contributed by atoms with E-state index in [2.05, 4.69) is 34.2 Å². The molecule has 1 amide bonds. The summed E-state index contributed by atoms with van der Waals surface area (Å²) in [5.41, 5.74) is 0.257. The van der Waals surface area contributed by atoms with E-state index < -0.39 is 12.3 Å². The molecule has 6 nitrogen and oxygen atoms in total. The van der Waals surface area contributed by atoms with E-state index >= 15 is 0 Å². The van der Waals surface area contributed by atoms with E-state index in [9.17, 15) is 13.6 Å². The van der Waals surface area contributed by atoms with Crippen molar-refractivity contribution in [1.82, 2.24) is 19.6 Å². The molecule has 9 heteroatoms. The molecule has 0 bridgehead atoms. The van der Waals surface area contributed by atoms with E-state index in [-0.39, 0.29) is 22.2 Å². The van der Waals surface area contributed by atoms with Gasteiger partial charge in [-0.3, -0.25) is 4.79 Å². The zero-order valence-electron chi connectivity index (χ0n) is 16.3. The highest BCUT2D eigenvalue weighted by Gasteiger charge is 2.29. The van der Waals surface area contributed by atoms with Gasteiger partial charge < -0.3 is 5.32 Å². The largest absolute Gasteiger partial charge is 0.312 e. The molecule has 29 heavy (non-hydrogen) atoms. The number of amides is 1. The minimum absolute atomic E-state index is 0.112. The fraction of sp³-hybridized carbons (Fsp3) is 0.500. The maximum absolute atomic E-state index is 13.6. The van der Waals surface area contributed by atoms with Crippen LogP contribution in [0.2, 0.25) is 0 Å². The first-order valence-electron chi connectivity index (χ1n) is 9.82. The lowest BCUT2D eigenvalue weighted by atomic mass is 9.77. The van der Waals surface area contributed by atoms with Crippen LogP contribution in [-0.2, 0) is 0 Å². The summed E-state index contributed by atoms with van der Waals surface area (Å²) in [7, 11) is 0. The van der Waals surface area contributed by atoms with Crippen LogP contribution >= 0.6 is 11.3 Å². The van der Waals surface area contributed by atoms with Gasteiger partial charge in [0.05, 0.1) is 11.2 Å². The average molecular weight is 420 g/mol. The lowest BCUT2D eigenvalue weighted by Crippen LogP contribution is -2.17. The third-order valence-corrected chi connectivity index (χ3v) is 6.84. The van der Waals surface area contributed by atoms with E-state index in [0.29, 0.717) is 22.5 Å². The molecule has 0 aliphatic heterocycles. The first-order chi connectivity index (χ1) is 13.9. The van der Waals surface area contributed by atoms with Gasteiger partial charge in [0.25, 0.3) is 12.3 Å². The number of carbonyl (C=O) groups excluding carboxylic acids is 1. The molecule has 1 N–H and O–H groups in total. The van der Waals surface area contributed by atoms with Crippen LogP contribution in [0.15, 0.2) is 24.7 Å². The van der Waals surface area contributed by atoms with Gasteiger partial charge in [0.1, 0.15) is 16.3 Å². The van der Waals surface area contributed by atoms with Gasteiger partial charge in [0.2, 0.25) is 0 Å². The number of fused-ring (bicyclic) bond motifs is 1. The van der Waals surface area contributed by atoms with E-state index in [1.165, 1.54) is 10.7 Å². The maximum Gasteiger partial charge on any atom is 0.283 e. The van der Waals surface area contributed by atoms with E-state index in [0.717, 1.165) is 37.0 Å². The first-order valence-corrected chi connectivity index (χ1v) is 10.6. The number of anilines is 1. The monoisotopic (exact) mass is 419 g/mol. The molecule has 154 valence electrons. The molecule has 1 aliphatic rings. The van der Waals surface area contributed by atoms with E-state index in [1.54, 1.807) is 18.5 Å². The highest BCUT2D eigenvalue weighted by Crippen LogP contribution is 2.43. The van der Waals surface area contributed by atoms with Crippen molar-refractivity contribution in [3.63, 3.8) is 0 Å². The molecule has 4 rings (SSSR count). The summed E-state index contributed by atoms with van der Waals surface area (Å²) in [4.78, 5) is 21.1. The maximum atomic E-state index is 13.6. The topological polar surface area (TPSA) is 72.2 Å². The average Bonchev–Trinajstić information content (AvgIpc) is 3.32. The van der Waals surface area contributed by atoms with Gasteiger partial charge in [-0.1, -0.05) is 13.8 Å². The molecule has 0 radical (unpaired) electrons.